The van der Waals surface area contributed by atoms with Crippen molar-refractivity contribution >= 4 is 10.9 Å². The molecule has 1 heterocycles. The lowest BCUT2D eigenvalue weighted by molar-refractivity contribution is 0.585. The van der Waals surface area contributed by atoms with Gasteiger partial charge in [0.1, 0.15) is 0 Å². The summed E-state index contributed by atoms with van der Waals surface area (Å²) in [5.41, 5.74) is 5.92. The molecule has 0 bridgehead atoms. The molecule has 3 rings (SSSR count). The van der Waals surface area contributed by atoms with Crippen LogP contribution in [0.3, 0.4) is 0 Å². The van der Waals surface area contributed by atoms with Crippen LogP contribution in [0.15, 0.2) is 18.2 Å². The molecule has 1 aliphatic carbocycles. The van der Waals surface area contributed by atoms with Gasteiger partial charge in [0.05, 0.1) is 0 Å². The Balaban J connectivity index is 2.20. The number of nitrogens with one attached hydrogen (secondary N) is 1. The summed E-state index contributed by atoms with van der Waals surface area (Å²) in [6, 6.07) is 7.54. The lowest BCUT2D eigenvalue weighted by Crippen LogP contribution is -2.25. The quantitative estimate of drug-likeness (QED) is 0.835. The SMILES string of the molecule is CCc1ccc2c(c1)c1c(n2C)CC(NC)C1. The largest absolute Gasteiger partial charge is 0.347 e. The third-order valence-corrected chi connectivity index (χ3v) is 4.21. The summed E-state index contributed by atoms with van der Waals surface area (Å²) in [4.78, 5) is 0. The molecule has 0 spiro atoms. The van der Waals surface area contributed by atoms with E-state index in [1.807, 2.05) is 0 Å². The predicted octanol–water partition coefficient (Wildman–Crippen LogP) is 2.43. The van der Waals surface area contributed by atoms with E-state index in [-0.39, 0.29) is 0 Å². The Morgan fingerprint density at radius 2 is 2.18 bits per heavy atom. The van der Waals surface area contributed by atoms with E-state index in [1.54, 1.807) is 5.56 Å². The lowest BCUT2D eigenvalue weighted by Gasteiger charge is -2.09. The van der Waals surface area contributed by atoms with Crippen molar-refractivity contribution in [1.82, 2.24) is 9.88 Å². The molecule has 0 aliphatic heterocycles. The van der Waals surface area contributed by atoms with Crippen LogP contribution in [-0.4, -0.2) is 17.7 Å². The van der Waals surface area contributed by atoms with Crippen LogP contribution in [-0.2, 0) is 26.3 Å². The highest BCUT2D eigenvalue weighted by atomic mass is 15.0. The third-order valence-electron chi connectivity index (χ3n) is 4.21. The molecule has 0 amide bonds. The summed E-state index contributed by atoms with van der Waals surface area (Å²) in [7, 11) is 4.26. The van der Waals surface area contributed by atoms with E-state index < -0.39 is 0 Å². The molecule has 17 heavy (non-hydrogen) atoms. The first-order valence-corrected chi connectivity index (χ1v) is 6.51. The summed E-state index contributed by atoms with van der Waals surface area (Å²) in [5.74, 6) is 0. The van der Waals surface area contributed by atoms with Crippen molar-refractivity contribution < 1.29 is 0 Å². The van der Waals surface area contributed by atoms with E-state index in [2.05, 4.69) is 49.1 Å². The number of nitrogens with zero attached hydrogens (tertiary/aromatic N) is 1. The van der Waals surface area contributed by atoms with Crippen molar-refractivity contribution in [2.24, 2.45) is 7.05 Å². The summed E-state index contributed by atoms with van der Waals surface area (Å²) < 4.78 is 2.38. The Labute approximate surface area is 103 Å². The fourth-order valence-electron chi connectivity index (χ4n) is 3.08. The molecule has 0 radical (unpaired) electrons. The Kier molecular flexibility index (Phi) is 2.48. The van der Waals surface area contributed by atoms with Crippen molar-refractivity contribution in [3.05, 3.63) is 35.0 Å². The monoisotopic (exact) mass is 228 g/mol. The molecule has 0 fully saturated rings. The maximum absolute atomic E-state index is 3.40. The van der Waals surface area contributed by atoms with Crippen LogP contribution in [0.4, 0.5) is 0 Å². The first kappa shape index (κ1) is 10.8. The van der Waals surface area contributed by atoms with Gasteiger partial charge in [0, 0.05) is 36.1 Å². The Morgan fingerprint density at radius 1 is 1.35 bits per heavy atom. The van der Waals surface area contributed by atoms with Gasteiger partial charge in [-0.1, -0.05) is 13.0 Å². The van der Waals surface area contributed by atoms with Crippen LogP contribution in [0.5, 0.6) is 0 Å². The van der Waals surface area contributed by atoms with Gasteiger partial charge in [-0.2, -0.15) is 0 Å². The summed E-state index contributed by atoms with van der Waals surface area (Å²) in [5, 5.41) is 4.88. The topological polar surface area (TPSA) is 17.0 Å². The number of likely N-dealkylation sites (N-methyl/N-ethyl adjacent to an activating group) is 1. The number of aryl methyl sites for hydroxylation is 2. The van der Waals surface area contributed by atoms with Crippen LogP contribution in [0.2, 0.25) is 0 Å². The van der Waals surface area contributed by atoms with Gasteiger partial charge >= 0.3 is 0 Å². The maximum Gasteiger partial charge on any atom is 0.0482 e. The molecule has 2 heteroatoms. The minimum absolute atomic E-state index is 0.626. The molecular formula is C15H20N2. The molecule has 1 aliphatic rings. The van der Waals surface area contributed by atoms with Gasteiger partial charge in [-0.15, -0.1) is 0 Å². The Hall–Kier alpha value is -1.28. The van der Waals surface area contributed by atoms with Gasteiger partial charge in [0.2, 0.25) is 0 Å². The molecule has 90 valence electrons. The van der Waals surface area contributed by atoms with Crippen molar-refractivity contribution in [3.8, 4) is 0 Å². The molecule has 1 atom stereocenters. The average molecular weight is 228 g/mol. The van der Waals surface area contributed by atoms with E-state index in [4.69, 9.17) is 0 Å². The molecule has 2 aromatic rings. The normalized spacial score (nSPS) is 18.9. The Bertz CT molecular complexity index is 566. The first-order valence-electron chi connectivity index (χ1n) is 6.51. The van der Waals surface area contributed by atoms with Gasteiger partial charge in [0.25, 0.3) is 0 Å². The molecule has 1 aromatic carbocycles. The van der Waals surface area contributed by atoms with E-state index in [0.717, 1.165) is 6.42 Å². The maximum atomic E-state index is 3.40. The third kappa shape index (κ3) is 1.51. The average Bonchev–Trinajstić information content (AvgIpc) is 2.89. The zero-order valence-corrected chi connectivity index (χ0v) is 10.9. The Morgan fingerprint density at radius 3 is 2.88 bits per heavy atom. The summed E-state index contributed by atoms with van der Waals surface area (Å²) in [6.45, 7) is 2.22. The van der Waals surface area contributed by atoms with Crippen LogP contribution in [0.25, 0.3) is 10.9 Å². The van der Waals surface area contributed by atoms with E-state index in [9.17, 15) is 0 Å². The van der Waals surface area contributed by atoms with Crippen LogP contribution in [0.1, 0.15) is 23.7 Å². The number of hydrogen-bond donors (Lipinski definition) is 1. The first-order chi connectivity index (χ1) is 8.24. The molecular weight excluding hydrogens is 208 g/mol. The predicted molar refractivity (Wildman–Crippen MR) is 72.6 cm³/mol. The molecule has 0 saturated heterocycles. The second-order valence-corrected chi connectivity index (χ2v) is 5.08. The van der Waals surface area contributed by atoms with Gasteiger partial charge in [-0.25, -0.2) is 0 Å². The fraction of sp³-hybridized carbons (Fsp3) is 0.467. The van der Waals surface area contributed by atoms with E-state index in [1.165, 1.54) is 35.0 Å². The van der Waals surface area contributed by atoms with Crippen molar-refractivity contribution in [1.29, 1.82) is 0 Å². The number of rotatable bonds is 2. The molecule has 1 aromatic heterocycles. The minimum Gasteiger partial charge on any atom is -0.347 e. The highest BCUT2D eigenvalue weighted by molar-refractivity contribution is 5.87. The highest BCUT2D eigenvalue weighted by Crippen LogP contribution is 2.33. The van der Waals surface area contributed by atoms with Crippen molar-refractivity contribution in [3.63, 3.8) is 0 Å². The number of fused-ring (bicyclic) bond motifs is 3. The second kappa shape index (κ2) is 3.88. The highest BCUT2D eigenvalue weighted by Gasteiger charge is 2.26. The molecule has 1 N–H and O–H groups in total. The number of hydrogen-bond acceptors (Lipinski definition) is 1. The van der Waals surface area contributed by atoms with Crippen molar-refractivity contribution in [2.45, 2.75) is 32.2 Å². The zero-order valence-electron chi connectivity index (χ0n) is 10.9. The van der Waals surface area contributed by atoms with Gasteiger partial charge in [-0.3, -0.25) is 0 Å². The van der Waals surface area contributed by atoms with Crippen LogP contribution < -0.4 is 5.32 Å². The molecule has 0 saturated carbocycles. The van der Waals surface area contributed by atoms with Gasteiger partial charge in [0.15, 0.2) is 0 Å². The van der Waals surface area contributed by atoms with Crippen molar-refractivity contribution in [2.75, 3.05) is 7.05 Å². The van der Waals surface area contributed by atoms with Crippen LogP contribution >= 0.6 is 0 Å². The van der Waals surface area contributed by atoms with Gasteiger partial charge < -0.3 is 9.88 Å². The van der Waals surface area contributed by atoms with Crippen LogP contribution in [0, 0.1) is 0 Å². The smallest absolute Gasteiger partial charge is 0.0482 e. The standard InChI is InChI=1S/C15H20N2/c1-4-10-5-6-14-12(7-10)13-8-11(16-2)9-15(13)17(14)3/h5-7,11,16H,4,8-9H2,1-3H3. The molecule has 1 unspecified atom stereocenters. The second-order valence-electron chi connectivity index (χ2n) is 5.08. The number of benzene rings is 1. The molecule has 2 nitrogen and oxygen atoms in total. The zero-order chi connectivity index (χ0) is 12.0. The number of aromatic nitrogens is 1. The van der Waals surface area contributed by atoms with E-state index >= 15 is 0 Å². The van der Waals surface area contributed by atoms with Gasteiger partial charge in [-0.05, 0) is 43.1 Å². The minimum atomic E-state index is 0.626. The summed E-state index contributed by atoms with van der Waals surface area (Å²) in [6.07, 6.45) is 3.46. The van der Waals surface area contributed by atoms with E-state index in [0.29, 0.717) is 6.04 Å². The summed E-state index contributed by atoms with van der Waals surface area (Å²) >= 11 is 0. The fourth-order valence-corrected chi connectivity index (χ4v) is 3.08. The lowest BCUT2D eigenvalue weighted by atomic mass is 10.1.